The predicted octanol–water partition coefficient (Wildman–Crippen LogP) is 5.04. The van der Waals surface area contributed by atoms with Gasteiger partial charge in [0.2, 0.25) is 5.82 Å². The van der Waals surface area contributed by atoms with Crippen LogP contribution < -0.4 is 10.1 Å². The Morgan fingerprint density at radius 1 is 0.867 bits per heavy atom. The molecule has 0 bridgehead atoms. The molecule has 1 heterocycles. The van der Waals surface area contributed by atoms with Gasteiger partial charge >= 0.3 is 0 Å². The second kappa shape index (κ2) is 8.61. The van der Waals surface area contributed by atoms with Crippen LogP contribution >= 0.6 is 0 Å². The summed E-state index contributed by atoms with van der Waals surface area (Å²) >= 11 is 0. The number of rotatable bonds is 6. The van der Waals surface area contributed by atoms with E-state index in [1.54, 1.807) is 12.1 Å². The topological polar surface area (TPSA) is 77.2 Å². The second-order valence-corrected chi connectivity index (χ2v) is 7.02. The van der Waals surface area contributed by atoms with E-state index in [4.69, 9.17) is 9.26 Å². The third-order valence-electron chi connectivity index (χ3n) is 4.54. The molecule has 0 aliphatic heterocycles. The number of amides is 1. The summed E-state index contributed by atoms with van der Waals surface area (Å²) in [5, 5.41) is 6.85. The number of aromatic nitrogens is 2. The van der Waals surface area contributed by atoms with E-state index in [1.165, 1.54) is 5.56 Å². The summed E-state index contributed by atoms with van der Waals surface area (Å²) in [6.07, 6.45) is 0. The maximum atomic E-state index is 12.0. The smallest absolute Gasteiger partial charge is 0.262 e. The van der Waals surface area contributed by atoms with Gasteiger partial charge in [-0.05, 0) is 50.2 Å². The Kier molecular flexibility index (Phi) is 5.57. The fourth-order valence-electron chi connectivity index (χ4n) is 2.84. The van der Waals surface area contributed by atoms with Gasteiger partial charge in [0, 0.05) is 16.8 Å². The number of benzene rings is 3. The molecule has 4 rings (SSSR count). The monoisotopic (exact) mass is 399 g/mol. The van der Waals surface area contributed by atoms with E-state index in [0.29, 0.717) is 17.5 Å². The fourth-order valence-corrected chi connectivity index (χ4v) is 2.84. The minimum atomic E-state index is -0.220. The first kappa shape index (κ1) is 19.4. The highest BCUT2D eigenvalue weighted by atomic mass is 16.5. The first-order valence-electron chi connectivity index (χ1n) is 9.57. The number of carbonyl (C=O) groups is 1. The second-order valence-electron chi connectivity index (χ2n) is 7.02. The lowest BCUT2D eigenvalue weighted by molar-refractivity contribution is -0.118. The van der Waals surface area contributed by atoms with E-state index in [0.717, 1.165) is 22.4 Å². The SMILES string of the molecule is Cc1ccc(NC(=O)COc2ccc(-c3nc(-c4ccc(C)cc4)no3)cc2)cc1. The molecule has 0 spiro atoms. The molecule has 4 aromatic rings. The lowest BCUT2D eigenvalue weighted by Crippen LogP contribution is -2.20. The van der Waals surface area contributed by atoms with Crippen molar-refractivity contribution in [2.45, 2.75) is 13.8 Å². The van der Waals surface area contributed by atoms with Gasteiger partial charge in [-0.15, -0.1) is 0 Å². The minimum Gasteiger partial charge on any atom is -0.484 e. The summed E-state index contributed by atoms with van der Waals surface area (Å²) in [5.41, 5.74) is 4.72. The summed E-state index contributed by atoms with van der Waals surface area (Å²) in [6, 6.07) is 22.7. The molecule has 0 aliphatic carbocycles. The zero-order valence-corrected chi connectivity index (χ0v) is 16.8. The number of hydrogen-bond donors (Lipinski definition) is 1. The van der Waals surface area contributed by atoms with E-state index in [2.05, 4.69) is 15.5 Å². The van der Waals surface area contributed by atoms with Gasteiger partial charge in [-0.3, -0.25) is 4.79 Å². The number of ether oxygens (including phenoxy) is 1. The number of carbonyl (C=O) groups excluding carboxylic acids is 1. The number of anilines is 1. The summed E-state index contributed by atoms with van der Waals surface area (Å²) in [7, 11) is 0. The van der Waals surface area contributed by atoms with Crippen molar-refractivity contribution < 1.29 is 14.1 Å². The fraction of sp³-hybridized carbons (Fsp3) is 0.125. The molecule has 0 radical (unpaired) electrons. The van der Waals surface area contributed by atoms with Crippen molar-refractivity contribution in [1.29, 1.82) is 0 Å². The molecule has 0 saturated carbocycles. The van der Waals surface area contributed by atoms with Gasteiger partial charge in [-0.2, -0.15) is 4.98 Å². The molecule has 1 aromatic heterocycles. The van der Waals surface area contributed by atoms with E-state index in [-0.39, 0.29) is 12.5 Å². The van der Waals surface area contributed by atoms with Gasteiger partial charge < -0.3 is 14.6 Å². The van der Waals surface area contributed by atoms with Crippen molar-refractivity contribution >= 4 is 11.6 Å². The Morgan fingerprint density at radius 3 is 2.13 bits per heavy atom. The molecule has 0 atom stereocenters. The molecule has 150 valence electrons. The van der Waals surface area contributed by atoms with Crippen molar-refractivity contribution in [2.75, 3.05) is 11.9 Å². The minimum absolute atomic E-state index is 0.0780. The summed E-state index contributed by atoms with van der Waals surface area (Å²) in [5.74, 6) is 1.32. The van der Waals surface area contributed by atoms with E-state index in [9.17, 15) is 4.79 Å². The Balaban J connectivity index is 1.35. The quantitative estimate of drug-likeness (QED) is 0.492. The van der Waals surface area contributed by atoms with Crippen LogP contribution in [0.1, 0.15) is 11.1 Å². The molecule has 0 saturated heterocycles. The van der Waals surface area contributed by atoms with Crippen LogP contribution in [0.25, 0.3) is 22.8 Å². The van der Waals surface area contributed by atoms with Crippen LogP contribution in [0, 0.1) is 13.8 Å². The molecule has 1 amide bonds. The first-order valence-corrected chi connectivity index (χ1v) is 9.57. The van der Waals surface area contributed by atoms with Gasteiger partial charge in [0.05, 0.1) is 0 Å². The van der Waals surface area contributed by atoms with Crippen LogP contribution in [0.15, 0.2) is 77.3 Å². The molecular formula is C24H21N3O3. The van der Waals surface area contributed by atoms with Gasteiger partial charge in [0.25, 0.3) is 11.8 Å². The van der Waals surface area contributed by atoms with Crippen LogP contribution in [0.4, 0.5) is 5.69 Å². The lowest BCUT2D eigenvalue weighted by Gasteiger charge is -2.08. The first-order chi connectivity index (χ1) is 14.6. The molecule has 0 aliphatic rings. The van der Waals surface area contributed by atoms with Gasteiger partial charge in [-0.25, -0.2) is 0 Å². The normalized spacial score (nSPS) is 10.6. The van der Waals surface area contributed by atoms with Gasteiger partial charge in [-0.1, -0.05) is 52.7 Å². The lowest BCUT2D eigenvalue weighted by atomic mass is 10.1. The molecule has 0 fully saturated rings. The maximum absolute atomic E-state index is 12.0. The molecule has 0 unspecified atom stereocenters. The Bertz CT molecular complexity index is 1130. The molecule has 1 N–H and O–H groups in total. The average molecular weight is 399 g/mol. The van der Waals surface area contributed by atoms with Crippen LogP contribution in [0.2, 0.25) is 0 Å². The summed E-state index contributed by atoms with van der Waals surface area (Å²) < 4.78 is 10.9. The van der Waals surface area contributed by atoms with Crippen molar-refractivity contribution in [2.24, 2.45) is 0 Å². The van der Waals surface area contributed by atoms with Crippen molar-refractivity contribution in [3.63, 3.8) is 0 Å². The van der Waals surface area contributed by atoms with E-state index >= 15 is 0 Å². The molecule has 30 heavy (non-hydrogen) atoms. The van der Waals surface area contributed by atoms with Crippen molar-refractivity contribution in [3.8, 4) is 28.6 Å². The summed E-state index contributed by atoms with van der Waals surface area (Å²) in [4.78, 5) is 16.5. The average Bonchev–Trinajstić information content (AvgIpc) is 3.25. The maximum Gasteiger partial charge on any atom is 0.262 e. The van der Waals surface area contributed by atoms with E-state index in [1.807, 2.05) is 74.5 Å². The summed E-state index contributed by atoms with van der Waals surface area (Å²) in [6.45, 7) is 3.95. The zero-order valence-electron chi connectivity index (χ0n) is 16.8. The Hall–Kier alpha value is -3.93. The van der Waals surface area contributed by atoms with Gasteiger partial charge in [0.1, 0.15) is 5.75 Å². The van der Waals surface area contributed by atoms with E-state index < -0.39 is 0 Å². The standard InChI is InChI=1S/C24H21N3O3/c1-16-3-7-18(8-4-16)23-26-24(30-27-23)19-9-13-21(14-10-19)29-15-22(28)25-20-11-5-17(2)6-12-20/h3-14H,15H2,1-2H3,(H,25,28). The number of nitrogens with one attached hydrogen (secondary N) is 1. The molecule has 3 aromatic carbocycles. The van der Waals surface area contributed by atoms with Crippen molar-refractivity contribution in [3.05, 3.63) is 83.9 Å². The molecular weight excluding hydrogens is 378 g/mol. The molecule has 6 heteroatoms. The highest BCUT2D eigenvalue weighted by Crippen LogP contribution is 2.24. The highest BCUT2D eigenvalue weighted by Gasteiger charge is 2.11. The van der Waals surface area contributed by atoms with Crippen LogP contribution in [-0.2, 0) is 4.79 Å². The zero-order chi connectivity index (χ0) is 20.9. The predicted molar refractivity (Wildman–Crippen MR) is 115 cm³/mol. The highest BCUT2D eigenvalue weighted by molar-refractivity contribution is 5.91. The largest absolute Gasteiger partial charge is 0.484 e. The Morgan fingerprint density at radius 2 is 1.47 bits per heavy atom. The van der Waals surface area contributed by atoms with Crippen molar-refractivity contribution in [1.82, 2.24) is 10.1 Å². The number of nitrogens with zero attached hydrogens (tertiary/aromatic N) is 2. The third-order valence-corrected chi connectivity index (χ3v) is 4.54. The van der Waals surface area contributed by atoms with Gasteiger partial charge in [0.15, 0.2) is 6.61 Å². The Labute approximate surface area is 174 Å². The number of hydrogen-bond acceptors (Lipinski definition) is 5. The van der Waals surface area contributed by atoms with Crippen LogP contribution in [0.3, 0.4) is 0 Å². The third kappa shape index (κ3) is 4.72. The van der Waals surface area contributed by atoms with Crippen LogP contribution in [0.5, 0.6) is 5.75 Å². The number of aryl methyl sites for hydroxylation is 2. The van der Waals surface area contributed by atoms with Crippen LogP contribution in [-0.4, -0.2) is 22.7 Å². The molecule has 6 nitrogen and oxygen atoms in total.